The number of hydrogen-bond donors (Lipinski definition) is 0. The zero-order valence-electron chi connectivity index (χ0n) is 10.9. The number of nitrogens with zero attached hydrogens (tertiary/aromatic N) is 1. The van der Waals surface area contributed by atoms with Gasteiger partial charge in [-0.15, -0.1) is 0 Å². The summed E-state index contributed by atoms with van der Waals surface area (Å²) in [4.78, 5) is 13.5. The maximum absolute atomic E-state index is 11.2. The largest absolute Gasteiger partial charge is 0.497 e. The topological polar surface area (TPSA) is 38.8 Å². The molecule has 0 aromatic heterocycles. The van der Waals surface area contributed by atoms with Crippen LogP contribution in [0.15, 0.2) is 18.2 Å². The minimum absolute atomic E-state index is 0.162. The molecule has 1 aromatic rings. The first-order valence-electron chi connectivity index (χ1n) is 6.23. The molecule has 0 fully saturated rings. The van der Waals surface area contributed by atoms with Crippen LogP contribution < -0.4 is 9.64 Å². The van der Waals surface area contributed by atoms with Crippen LogP contribution >= 0.6 is 0 Å². The van der Waals surface area contributed by atoms with Crippen LogP contribution in [0.4, 0.5) is 5.69 Å². The van der Waals surface area contributed by atoms with Crippen LogP contribution in [-0.4, -0.2) is 33.3 Å². The van der Waals surface area contributed by atoms with Gasteiger partial charge in [0.25, 0.3) is 0 Å². The van der Waals surface area contributed by atoms with Gasteiger partial charge in [0.05, 0.1) is 20.6 Å². The van der Waals surface area contributed by atoms with Crippen molar-refractivity contribution in [2.24, 2.45) is 0 Å². The quantitative estimate of drug-likeness (QED) is 0.765. The van der Waals surface area contributed by atoms with E-state index < -0.39 is 0 Å². The first-order chi connectivity index (χ1) is 8.74. The second-order valence-corrected chi connectivity index (χ2v) is 4.41. The Hall–Kier alpha value is -1.71. The van der Waals surface area contributed by atoms with E-state index in [4.69, 9.17) is 4.74 Å². The van der Waals surface area contributed by atoms with Crippen LogP contribution in [0.25, 0.3) is 0 Å². The van der Waals surface area contributed by atoms with Gasteiger partial charge in [0, 0.05) is 24.8 Å². The second-order valence-electron chi connectivity index (χ2n) is 4.41. The maximum Gasteiger partial charge on any atom is 0.307 e. The average molecular weight is 249 g/mol. The van der Waals surface area contributed by atoms with Crippen molar-refractivity contribution in [1.82, 2.24) is 0 Å². The molecule has 0 unspecified atom stereocenters. The van der Waals surface area contributed by atoms with Crippen molar-refractivity contribution in [3.05, 3.63) is 23.8 Å². The van der Waals surface area contributed by atoms with Gasteiger partial charge in [0.2, 0.25) is 0 Å². The summed E-state index contributed by atoms with van der Waals surface area (Å²) >= 11 is 0. The molecule has 2 rings (SSSR count). The summed E-state index contributed by atoms with van der Waals surface area (Å²) in [6, 6.07) is 6.15. The number of carbonyl (C=O) groups excluding carboxylic acids is 1. The summed E-state index contributed by atoms with van der Waals surface area (Å²) in [7, 11) is 3.10. The van der Waals surface area contributed by atoms with Gasteiger partial charge in [-0.2, -0.15) is 0 Å². The first kappa shape index (κ1) is 12.7. The van der Waals surface area contributed by atoms with Gasteiger partial charge < -0.3 is 14.4 Å². The highest BCUT2D eigenvalue weighted by atomic mass is 16.5. The molecule has 0 spiro atoms. The second kappa shape index (κ2) is 5.76. The lowest BCUT2D eigenvalue weighted by Crippen LogP contribution is -2.31. The fourth-order valence-corrected chi connectivity index (χ4v) is 2.32. The third-order valence-corrected chi connectivity index (χ3v) is 3.32. The number of carbonyl (C=O) groups is 1. The zero-order chi connectivity index (χ0) is 13.0. The summed E-state index contributed by atoms with van der Waals surface area (Å²) in [5.74, 6) is 0.698. The Bertz CT molecular complexity index is 431. The summed E-state index contributed by atoms with van der Waals surface area (Å²) in [5, 5.41) is 0. The van der Waals surface area contributed by atoms with Crippen molar-refractivity contribution < 1.29 is 14.3 Å². The summed E-state index contributed by atoms with van der Waals surface area (Å²) in [6.07, 6.45) is 2.64. The van der Waals surface area contributed by atoms with Crippen molar-refractivity contribution in [3.63, 3.8) is 0 Å². The summed E-state index contributed by atoms with van der Waals surface area (Å²) in [6.45, 7) is 1.68. The fraction of sp³-hybridized carbons (Fsp3) is 0.500. The van der Waals surface area contributed by atoms with Gasteiger partial charge in [0.1, 0.15) is 5.75 Å². The predicted octanol–water partition coefficient (Wildman–Crippen LogP) is 2.01. The molecule has 0 aliphatic carbocycles. The smallest absolute Gasteiger partial charge is 0.307 e. The van der Waals surface area contributed by atoms with Crippen molar-refractivity contribution in [2.45, 2.75) is 19.3 Å². The van der Waals surface area contributed by atoms with Crippen molar-refractivity contribution in [1.29, 1.82) is 0 Å². The molecule has 0 saturated heterocycles. The van der Waals surface area contributed by atoms with Gasteiger partial charge in [-0.25, -0.2) is 0 Å². The molecule has 0 amide bonds. The third kappa shape index (κ3) is 2.75. The lowest BCUT2D eigenvalue weighted by Gasteiger charge is -2.31. The average Bonchev–Trinajstić information content (AvgIpc) is 2.43. The lowest BCUT2D eigenvalue weighted by atomic mass is 10.0. The highest BCUT2D eigenvalue weighted by Gasteiger charge is 2.18. The Morgan fingerprint density at radius 2 is 2.22 bits per heavy atom. The van der Waals surface area contributed by atoms with Crippen LogP contribution in [0, 0.1) is 0 Å². The number of hydrogen-bond acceptors (Lipinski definition) is 4. The van der Waals surface area contributed by atoms with E-state index in [-0.39, 0.29) is 5.97 Å². The van der Waals surface area contributed by atoms with Crippen LogP contribution in [0.5, 0.6) is 5.75 Å². The first-order valence-corrected chi connectivity index (χ1v) is 6.23. The van der Waals surface area contributed by atoms with E-state index in [2.05, 4.69) is 15.7 Å². The Morgan fingerprint density at radius 3 is 2.94 bits per heavy atom. The summed E-state index contributed by atoms with van der Waals surface area (Å²) < 4.78 is 9.94. The van der Waals surface area contributed by atoms with Crippen LogP contribution in [0.1, 0.15) is 18.4 Å². The molecule has 1 heterocycles. The van der Waals surface area contributed by atoms with E-state index >= 15 is 0 Å². The van der Waals surface area contributed by atoms with Gasteiger partial charge >= 0.3 is 5.97 Å². The highest BCUT2D eigenvalue weighted by Crippen LogP contribution is 2.30. The van der Waals surface area contributed by atoms with Gasteiger partial charge in [-0.1, -0.05) is 6.07 Å². The molecule has 0 saturated carbocycles. The Balaban J connectivity index is 2.13. The molecule has 0 radical (unpaired) electrons. The number of esters is 1. The minimum atomic E-state index is -0.162. The molecule has 1 aliphatic heterocycles. The monoisotopic (exact) mass is 249 g/mol. The molecule has 98 valence electrons. The number of aryl methyl sites for hydroxylation is 1. The maximum atomic E-state index is 11.2. The van der Waals surface area contributed by atoms with Gasteiger partial charge in [0.15, 0.2) is 0 Å². The molecule has 18 heavy (non-hydrogen) atoms. The van der Waals surface area contributed by atoms with E-state index in [9.17, 15) is 4.79 Å². The molecule has 0 N–H and O–H groups in total. The number of methoxy groups -OCH3 is 2. The normalized spacial score (nSPS) is 14.0. The van der Waals surface area contributed by atoms with E-state index in [0.717, 1.165) is 25.1 Å². The van der Waals surface area contributed by atoms with E-state index in [1.807, 2.05) is 12.1 Å². The number of rotatable bonds is 4. The van der Waals surface area contributed by atoms with Crippen molar-refractivity contribution in [2.75, 3.05) is 32.2 Å². The Morgan fingerprint density at radius 1 is 1.39 bits per heavy atom. The number of fused-ring (bicyclic) bond motifs is 1. The number of benzene rings is 1. The van der Waals surface area contributed by atoms with E-state index in [1.54, 1.807) is 7.11 Å². The zero-order valence-corrected chi connectivity index (χ0v) is 10.9. The van der Waals surface area contributed by atoms with Crippen LogP contribution in [0.2, 0.25) is 0 Å². The lowest BCUT2D eigenvalue weighted by molar-refractivity contribution is -0.140. The van der Waals surface area contributed by atoms with E-state index in [1.165, 1.54) is 18.4 Å². The summed E-state index contributed by atoms with van der Waals surface area (Å²) in [5.41, 5.74) is 2.51. The molecule has 1 aromatic carbocycles. The highest BCUT2D eigenvalue weighted by molar-refractivity contribution is 5.70. The Labute approximate surface area is 107 Å². The van der Waals surface area contributed by atoms with Crippen LogP contribution in [0.3, 0.4) is 0 Å². The minimum Gasteiger partial charge on any atom is -0.497 e. The van der Waals surface area contributed by atoms with Crippen molar-refractivity contribution in [3.8, 4) is 5.75 Å². The molecule has 1 aliphatic rings. The van der Waals surface area contributed by atoms with E-state index in [0.29, 0.717) is 13.0 Å². The fourth-order valence-electron chi connectivity index (χ4n) is 2.32. The number of anilines is 1. The van der Waals surface area contributed by atoms with Gasteiger partial charge in [-0.05, 0) is 24.5 Å². The van der Waals surface area contributed by atoms with Gasteiger partial charge in [-0.3, -0.25) is 4.79 Å². The molecule has 4 heteroatoms. The predicted molar refractivity (Wildman–Crippen MR) is 70.2 cm³/mol. The Kier molecular flexibility index (Phi) is 4.07. The SMILES string of the molecule is COC(=O)CCN1CCCc2ccc(OC)cc21. The van der Waals surface area contributed by atoms with Crippen LogP contribution in [-0.2, 0) is 16.0 Å². The third-order valence-electron chi connectivity index (χ3n) is 3.32. The number of ether oxygens (including phenoxy) is 2. The molecular weight excluding hydrogens is 230 g/mol. The molecule has 0 bridgehead atoms. The molecule has 0 atom stereocenters. The standard InChI is InChI=1S/C14H19NO3/c1-17-12-6-5-11-4-3-8-15(13(11)10-12)9-7-14(16)18-2/h5-6,10H,3-4,7-9H2,1-2H3. The molecular formula is C14H19NO3. The van der Waals surface area contributed by atoms with Crippen molar-refractivity contribution >= 4 is 11.7 Å². The molecule has 4 nitrogen and oxygen atoms in total.